The van der Waals surface area contributed by atoms with Crippen molar-refractivity contribution in [1.82, 2.24) is 0 Å². The predicted octanol–water partition coefficient (Wildman–Crippen LogP) is 0.633. The summed E-state index contributed by atoms with van der Waals surface area (Å²) in [7, 11) is 0. The molecule has 0 amide bonds. The molecule has 0 heterocycles. The minimum Gasteiger partial charge on any atom is -0.550 e. The number of unbranched alkanes of at least 4 members (excludes halogenated alkanes) is 4. The summed E-state index contributed by atoms with van der Waals surface area (Å²) >= 11 is 0. The van der Waals surface area contributed by atoms with Crippen molar-refractivity contribution in [2.24, 2.45) is 0 Å². The van der Waals surface area contributed by atoms with Crippen molar-refractivity contribution in [3.63, 3.8) is 0 Å². The molecule has 16 heavy (non-hydrogen) atoms. The van der Waals surface area contributed by atoms with Crippen LogP contribution in [0.3, 0.4) is 0 Å². The van der Waals surface area contributed by atoms with Crippen molar-refractivity contribution in [2.75, 3.05) is 0 Å². The van der Waals surface area contributed by atoms with E-state index in [1.54, 1.807) is 6.92 Å². The van der Waals surface area contributed by atoms with Gasteiger partial charge in [-0.1, -0.05) is 46.0 Å². The molecule has 0 aliphatic carbocycles. The Hall–Kier alpha value is -1.06. The second-order valence-electron chi connectivity index (χ2n) is 3.66. The van der Waals surface area contributed by atoms with Crippen LogP contribution in [-0.4, -0.2) is 11.9 Å². The van der Waals surface area contributed by atoms with E-state index in [1.807, 2.05) is 0 Å². The quantitative estimate of drug-likeness (QED) is 0.573. The molecule has 0 atom stereocenters. The Balaban J connectivity index is 0. The minimum atomic E-state index is -0.961. The van der Waals surface area contributed by atoms with E-state index >= 15 is 0 Å². The first-order chi connectivity index (χ1) is 7.54. The van der Waals surface area contributed by atoms with Gasteiger partial charge >= 0.3 is 0 Å². The Morgan fingerprint density at radius 1 is 0.750 bits per heavy atom. The van der Waals surface area contributed by atoms with E-state index in [-0.39, 0.29) is 12.8 Å². The Morgan fingerprint density at radius 3 is 1.56 bits per heavy atom. The molecule has 0 aromatic rings. The maximum Gasteiger partial charge on any atom is 0.0414 e. The van der Waals surface area contributed by atoms with Gasteiger partial charge in [-0.3, -0.25) is 0 Å². The van der Waals surface area contributed by atoms with Gasteiger partial charge in [-0.25, -0.2) is 0 Å². The number of hydrogen-bond acceptors (Lipinski definition) is 4. The zero-order valence-electron chi connectivity index (χ0n) is 10.3. The number of carboxylic acids is 2. The van der Waals surface area contributed by atoms with Gasteiger partial charge in [0.15, 0.2) is 0 Å². The Morgan fingerprint density at radius 2 is 1.25 bits per heavy atom. The monoisotopic (exact) mass is 230 g/mol. The van der Waals surface area contributed by atoms with Crippen LogP contribution in [0.2, 0.25) is 0 Å². The molecule has 0 rings (SSSR count). The molecular weight excluding hydrogens is 208 g/mol. The maximum atomic E-state index is 9.92. The van der Waals surface area contributed by atoms with Crippen LogP contribution in [-0.2, 0) is 9.59 Å². The molecule has 0 aromatic heterocycles. The fraction of sp³-hybridized carbons (Fsp3) is 0.833. The Bertz CT molecular complexity index is 178. The van der Waals surface area contributed by atoms with Crippen LogP contribution in [0.15, 0.2) is 0 Å². The summed E-state index contributed by atoms with van der Waals surface area (Å²) in [5.74, 6) is -1.88. The third kappa shape index (κ3) is 23.1. The highest BCUT2D eigenvalue weighted by Gasteiger charge is 1.88. The molecular formula is C12H22O4-2. The fourth-order valence-electron chi connectivity index (χ4n) is 1.08. The molecule has 0 spiro atoms. The van der Waals surface area contributed by atoms with E-state index in [0.29, 0.717) is 6.42 Å². The highest BCUT2D eigenvalue weighted by atomic mass is 16.4. The number of carbonyl (C=O) groups is 2. The SMILES string of the molecule is CCCC(=O)[O-].CCCCCCCC(=O)[O-]. The van der Waals surface area contributed by atoms with Gasteiger partial charge < -0.3 is 19.8 Å². The van der Waals surface area contributed by atoms with Crippen LogP contribution in [0, 0.1) is 0 Å². The lowest BCUT2D eigenvalue weighted by Gasteiger charge is -2.00. The van der Waals surface area contributed by atoms with E-state index < -0.39 is 11.9 Å². The lowest BCUT2D eigenvalue weighted by Crippen LogP contribution is -2.21. The van der Waals surface area contributed by atoms with Crippen LogP contribution < -0.4 is 10.2 Å². The van der Waals surface area contributed by atoms with Gasteiger partial charge in [0.2, 0.25) is 0 Å². The highest BCUT2D eigenvalue weighted by molar-refractivity contribution is 5.64. The van der Waals surface area contributed by atoms with Crippen LogP contribution in [0.25, 0.3) is 0 Å². The number of carbonyl (C=O) groups excluding carboxylic acids is 2. The van der Waals surface area contributed by atoms with E-state index in [2.05, 4.69) is 6.92 Å². The Kier molecular flexibility index (Phi) is 15.1. The van der Waals surface area contributed by atoms with Crippen molar-refractivity contribution in [2.45, 2.75) is 65.2 Å². The van der Waals surface area contributed by atoms with Gasteiger partial charge in [-0.15, -0.1) is 0 Å². The Labute approximate surface area is 97.7 Å². The molecule has 0 unspecified atom stereocenters. The van der Waals surface area contributed by atoms with E-state index in [4.69, 9.17) is 0 Å². The summed E-state index contributed by atoms with van der Waals surface area (Å²) in [4.78, 5) is 19.4. The summed E-state index contributed by atoms with van der Waals surface area (Å²) in [6, 6.07) is 0. The first kappa shape index (κ1) is 17.3. The van der Waals surface area contributed by atoms with Gasteiger partial charge in [-0.2, -0.15) is 0 Å². The zero-order valence-corrected chi connectivity index (χ0v) is 10.3. The molecule has 0 aromatic carbocycles. The first-order valence-corrected chi connectivity index (χ1v) is 5.94. The third-order valence-electron chi connectivity index (χ3n) is 1.94. The molecule has 4 heteroatoms. The molecule has 0 N–H and O–H groups in total. The predicted molar refractivity (Wildman–Crippen MR) is 58.3 cm³/mol. The minimum absolute atomic E-state index is 0.181. The summed E-state index contributed by atoms with van der Waals surface area (Å²) in [5, 5.41) is 19.4. The van der Waals surface area contributed by atoms with E-state index in [1.165, 1.54) is 12.8 Å². The number of aliphatic carboxylic acids is 2. The molecule has 0 radical (unpaired) electrons. The van der Waals surface area contributed by atoms with Crippen LogP contribution in [0.5, 0.6) is 0 Å². The standard InChI is InChI=1S/C8H16O2.C4H8O2/c1-2-3-4-5-6-7-8(9)10;1-2-3-4(5)6/h2-7H2,1H3,(H,9,10);2-3H2,1H3,(H,5,6)/p-2. The summed E-state index contributed by atoms with van der Waals surface area (Å²) in [6.07, 6.45) is 6.46. The molecule has 0 saturated heterocycles. The molecule has 96 valence electrons. The van der Waals surface area contributed by atoms with Crippen molar-refractivity contribution in [1.29, 1.82) is 0 Å². The molecule has 0 aliphatic heterocycles. The van der Waals surface area contributed by atoms with Crippen LogP contribution in [0.4, 0.5) is 0 Å². The second kappa shape index (κ2) is 13.9. The summed E-state index contributed by atoms with van der Waals surface area (Å²) < 4.78 is 0. The molecule has 0 aliphatic rings. The third-order valence-corrected chi connectivity index (χ3v) is 1.94. The van der Waals surface area contributed by atoms with Crippen LogP contribution >= 0.6 is 0 Å². The van der Waals surface area contributed by atoms with Crippen molar-refractivity contribution in [3.8, 4) is 0 Å². The normalized spacial score (nSPS) is 9.12. The molecule has 0 fully saturated rings. The smallest absolute Gasteiger partial charge is 0.0414 e. The topological polar surface area (TPSA) is 80.3 Å². The largest absolute Gasteiger partial charge is 0.550 e. The van der Waals surface area contributed by atoms with Crippen molar-refractivity contribution in [3.05, 3.63) is 0 Å². The fourth-order valence-corrected chi connectivity index (χ4v) is 1.08. The summed E-state index contributed by atoms with van der Waals surface area (Å²) in [5.41, 5.74) is 0. The maximum absolute atomic E-state index is 9.92. The average molecular weight is 230 g/mol. The van der Waals surface area contributed by atoms with Gasteiger partial charge in [0.1, 0.15) is 0 Å². The van der Waals surface area contributed by atoms with Crippen molar-refractivity contribution >= 4 is 11.9 Å². The zero-order chi connectivity index (χ0) is 12.8. The molecule has 0 saturated carbocycles. The van der Waals surface area contributed by atoms with Gasteiger partial charge in [0.25, 0.3) is 0 Å². The van der Waals surface area contributed by atoms with Gasteiger partial charge in [0, 0.05) is 11.9 Å². The molecule has 4 nitrogen and oxygen atoms in total. The number of hydrogen-bond donors (Lipinski definition) is 0. The van der Waals surface area contributed by atoms with E-state index in [0.717, 1.165) is 19.3 Å². The second-order valence-corrected chi connectivity index (χ2v) is 3.66. The lowest BCUT2D eigenvalue weighted by molar-refractivity contribution is -0.307. The number of carboxylic acid groups (broad SMARTS) is 2. The van der Waals surface area contributed by atoms with Crippen molar-refractivity contribution < 1.29 is 19.8 Å². The molecule has 0 bridgehead atoms. The average Bonchev–Trinajstić information content (AvgIpc) is 2.17. The van der Waals surface area contributed by atoms with Gasteiger partial charge in [0.05, 0.1) is 0 Å². The summed E-state index contributed by atoms with van der Waals surface area (Å²) in [6.45, 7) is 3.94. The first-order valence-electron chi connectivity index (χ1n) is 5.94. The van der Waals surface area contributed by atoms with Crippen LogP contribution in [0.1, 0.15) is 65.2 Å². The lowest BCUT2D eigenvalue weighted by atomic mass is 10.1. The van der Waals surface area contributed by atoms with Gasteiger partial charge in [-0.05, 0) is 19.3 Å². The highest BCUT2D eigenvalue weighted by Crippen LogP contribution is 2.03. The number of rotatable bonds is 8. The van der Waals surface area contributed by atoms with E-state index in [9.17, 15) is 19.8 Å².